The molecule has 1 aromatic heterocycles. The molecule has 1 amide bonds. The fourth-order valence-corrected chi connectivity index (χ4v) is 5.68. The normalized spacial score (nSPS) is 21.5. The van der Waals surface area contributed by atoms with Gasteiger partial charge >= 0.3 is 0 Å². The molecule has 2 aromatic carbocycles. The van der Waals surface area contributed by atoms with Crippen molar-refractivity contribution in [3.63, 3.8) is 0 Å². The van der Waals surface area contributed by atoms with Gasteiger partial charge in [0.15, 0.2) is 0 Å². The number of aromatic nitrogens is 1. The Labute approximate surface area is 216 Å². The molecule has 0 bridgehead atoms. The number of hydrogen-bond acceptors (Lipinski definition) is 5. The maximum atomic E-state index is 15.1. The summed E-state index contributed by atoms with van der Waals surface area (Å²) < 4.78 is 28.1. The number of halogens is 2. The first-order chi connectivity index (χ1) is 17.8. The number of carbonyl (C=O) groups is 1. The lowest BCUT2D eigenvalue weighted by Gasteiger charge is -2.30. The predicted molar refractivity (Wildman–Crippen MR) is 144 cm³/mol. The van der Waals surface area contributed by atoms with Crippen LogP contribution in [0.25, 0.3) is 22.3 Å². The van der Waals surface area contributed by atoms with Crippen molar-refractivity contribution >= 4 is 17.4 Å². The quantitative estimate of drug-likeness (QED) is 0.515. The van der Waals surface area contributed by atoms with Crippen LogP contribution < -0.4 is 16.0 Å². The second-order valence-corrected chi connectivity index (χ2v) is 10.2. The number of hydrogen-bond donors (Lipinski definition) is 2. The number of fused-ring (bicyclic) bond motifs is 1. The van der Waals surface area contributed by atoms with E-state index in [1.54, 1.807) is 12.3 Å². The molecule has 0 unspecified atom stereocenters. The number of benzene rings is 2. The fourth-order valence-electron chi connectivity index (χ4n) is 5.68. The van der Waals surface area contributed by atoms with Gasteiger partial charge in [-0.05, 0) is 60.7 Å². The third kappa shape index (κ3) is 4.66. The number of rotatable bonds is 6. The molecule has 0 saturated carbocycles. The lowest BCUT2D eigenvalue weighted by atomic mass is 9.93. The molecule has 2 aliphatic heterocycles. The Morgan fingerprint density at radius 1 is 1.11 bits per heavy atom. The van der Waals surface area contributed by atoms with Crippen molar-refractivity contribution in [3.8, 4) is 22.3 Å². The number of nitrogens with two attached hydrogens (primary N) is 1. The van der Waals surface area contributed by atoms with Crippen molar-refractivity contribution in [3.05, 3.63) is 65.6 Å². The van der Waals surface area contributed by atoms with Crippen LogP contribution in [0.3, 0.4) is 0 Å². The summed E-state index contributed by atoms with van der Waals surface area (Å²) in [6, 6.07) is 13.7. The monoisotopic (exact) mass is 505 g/mol. The van der Waals surface area contributed by atoms with Crippen molar-refractivity contribution in [2.45, 2.75) is 32.4 Å². The van der Waals surface area contributed by atoms with E-state index in [0.29, 0.717) is 54.2 Å². The van der Waals surface area contributed by atoms with E-state index in [4.69, 9.17) is 5.73 Å². The molecule has 2 aliphatic rings. The first-order valence-corrected chi connectivity index (χ1v) is 12.8. The Morgan fingerprint density at radius 3 is 2.59 bits per heavy atom. The molecule has 3 atom stereocenters. The maximum absolute atomic E-state index is 15.1. The Kier molecular flexibility index (Phi) is 6.86. The van der Waals surface area contributed by atoms with Crippen LogP contribution >= 0.6 is 0 Å². The highest BCUT2D eigenvalue weighted by Gasteiger charge is 2.38. The second-order valence-electron chi connectivity index (χ2n) is 10.2. The van der Waals surface area contributed by atoms with E-state index in [0.717, 1.165) is 28.9 Å². The molecule has 194 valence electrons. The molecule has 37 heavy (non-hydrogen) atoms. The standard InChI is InChI=1S/C29H33F2N5O/c1-17-18(2)36(11-9-30)16-27(17)35(3)22-6-4-19(5-7-22)21-13-25(28(32)34-15-21)24-12-20-8-10-33-29(37)23(20)14-26(24)31/h4-7,12-15,17-18,27H,8-11,16H2,1-3H3,(H2,32,34)(H,33,37)/t17-,18+,27+/m0/s1. The van der Waals surface area contributed by atoms with Gasteiger partial charge in [-0.25, -0.2) is 13.8 Å². The number of anilines is 2. The van der Waals surface area contributed by atoms with E-state index >= 15 is 4.39 Å². The average Bonchev–Trinajstić information content (AvgIpc) is 3.18. The number of likely N-dealkylation sites (tertiary alicyclic amines) is 1. The van der Waals surface area contributed by atoms with Crippen molar-refractivity contribution in [2.75, 3.05) is 44.0 Å². The summed E-state index contributed by atoms with van der Waals surface area (Å²) in [5.74, 6) is -0.104. The highest BCUT2D eigenvalue weighted by molar-refractivity contribution is 5.97. The van der Waals surface area contributed by atoms with Crippen LogP contribution in [0.5, 0.6) is 0 Å². The molecule has 0 spiro atoms. The van der Waals surface area contributed by atoms with Gasteiger partial charge in [0.05, 0.1) is 0 Å². The molecule has 8 heteroatoms. The van der Waals surface area contributed by atoms with Gasteiger partial charge in [-0.1, -0.05) is 19.1 Å². The minimum atomic E-state index is -0.500. The van der Waals surface area contributed by atoms with E-state index in [2.05, 4.69) is 53.1 Å². The summed E-state index contributed by atoms with van der Waals surface area (Å²) in [6.45, 7) is 5.90. The number of nitrogens with zero attached hydrogens (tertiary/aromatic N) is 3. The van der Waals surface area contributed by atoms with Gasteiger partial charge in [-0.15, -0.1) is 0 Å². The first-order valence-electron chi connectivity index (χ1n) is 12.8. The Morgan fingerprint density at radius 2 is 1.86 bits per heavy atom. The van der Waals surface area contributed by atoms with Crippen LogP contribution in [0.15, 0.2) is 48.7 Å². The van der Waals surface area contributed by atoms with Crippen molar-refractivity contribution in [1.29, 1.82) is 0 Å². The number of nitrogen functional groups attached to an aromatic ring is 1. The summed E-state index contributed by atoms with van der Waals surface area (Å²) in [7, 11) is 2.09. The number of amides is 1. The van der Waals surface area contributed by atoms with Gasteiger partial charge in [0.25, 0.3) is 5.91 Å². The average molecular weight is 506 g/mol. The zero-order chi connectivity index (χ0) is 26.3. The van der Waals surface area contributed by atoms with E-state index in [1.807, 2.05) is 18.2 Å². The van der Waals surface area contributed by atoms with Gasteiger partial charge in [0, 0.05) is 72.9 Å². The van der Waals surface area contributed by atoms with Crippen LogP contribution in [0, 0.1) is 11.7 Å². The minimum Gasteiger partial charge on any atom is -0.383 e. The highest BCUT2D eigenvalue weighted by Crippen LogP contribution is 2.35. The SMILES string of the molecule is C[C@H]1[C@@H](C)N(CCF)C[C@H]1N(C)c1ccc(-c2cnc(N)c(-c3cc4c(cc3F)C(=O)NCC4)c2)cc1. The maximum Gasteiger partial charge on any atom is 0.251 e. The Balaban J connectivity index is 1.41. The topological polar surface area (TPSA) is 74.5 Å². The van der Waals surface area contributed by atoms with Crippen molar-refractivity contribution in [1.82, 2.24) is 15.2 Å². The molecule has 0 aliphatic carbocycles. The Bertz CT molecular complexity index is 1310. The lowest BCUT2D eigenvalue weighted by molar-refractivity contribution is 0.0945. The van der Waals surface area contributed by atoms with E-state index < -0.39 is 5.82 Å². The van der Waals surface area contributed by atoms with Crippen LogP contribution in [-0.2, 0) is 6.42 Å². The lowest BCUT2D eigenvalue weighted by Crippen LogP contribution is -2.37. The fraction of sp³-hybridized carbons (Fsp3) is 0.379. The zero-order valence-corrected chi connectivity index (χ0v) is 21.5. The molecule has 3 aromatic rings. The van der Waals surface area contributed by atoms with Crippen LogP contribution in [0.2, 0.25) is 0 Å². The minimum absolute atomic E-state index is 0.237. The van der Waals surface area contributed by atoms with E-state index in [1.165, 1.54) is 6.07 Å². The molecule has 5 rings (SSSR count). The molecular formula is C29H33F2N5O. The van der Waals surface area contributed by atoms with Gasteiger partial charge in [-0.3, -0.25) is 9.69 Å². The summed E-state index contributed by atoms with van der Waals surface area (Å²) in [6.07, 6.45) is 2.33. The number of alkyl halides is 1. The van der Waals surface area contributed by atoms with Gasteiger partial charge in [-0.2, -0.15) is 0 Å². The first kappa shape index (κ1) is 25.1. The molecule has 0 radical (unpaired) electrons. The molecule has 6 nitrogen and oxygen atoms in total. The molecule has 1 fully saturated rings. The Hall–Kier alpha value is -3.52. The van der Waals surface area contributed by atoms with E-state index in [-0.39, 0.29) is 18.4 Å². The number of pyridine rings is 1. The largest absolute Gasteiger partial charge is 0.383 e. The molecule has 3 N–H and O–H groups in total. The summed E-state index contributed by atoms with van der Waals surface area (Å²) >= 11 is 0. The number of likely N-dealkylation sites (N-methyl/N-ethyl adjacent to an activating group) is 1. The van der Waals surface area contributed by atoms with Crippen LogP contribution in [-0.4, -0.2) is 61.2 Å². The summed E-state index contributed by atoms with van der Waals surface area (Å²) in [5.41, 5.74) is 11.0. The molecule has 1 saturated heterocycles. The van der Waals surface area contributed by atoms with E-state index in [9.17, 15) is 9.18 Å². The number of carbonyl (C=O) groups excluding carboxylic acids is 1. The van der Waals surface area contributed by atoms with Gasteiger partial charge < -0.3 is 16.0 Å². The van der Waals surface area contributed by atoms with Gasteiger partial charge in [0.2, 0.25) is 0 Å². The van der Waals surface area contributed by atoms with Gasteiger partial charge in [0.1, 0.15) is 18.3 Å². The molecule has 3 heterocycles. The third-order valence-electron chi connectivity index (χ3n) is 8.17. The van der Waals surface area contributed by atoms with Crippen LogP contribution in [0.1, 0.15) is 29.8 Å². The smallest absolute Gasteiger partial charge is 0.251 e. The van der Waals surface area contributed by atoms with Crippen molar-refractivity contribution < 1.29 is 13.6 Å². The zero-order valence-electron chi connectivity index (χ0n) is 21.5. The van der Waals surface area contributed by atoms with Crippen LogP contribution in [0.4, 0.5) is 20.3 Å². The summed E-state index contributed by atoms with van der Waals surface area (Å²) in [5, 5.41) is 2.75. The second kappa shape index (κ2) is 10.1. The highest BCUT2D eigenvalue weighted by atomic mass is 19.1. The van der Waals surface area contributed by atoms with Crippen molar-refractivity contribution in [2.24, 2.45) is 5.92 Å². The molecular weight excluding hydrogens is 472 g/mol. The number of nitrogens with one attached hydrogen (secondary N) is 1. The third-order valence-corrected chi connectivity index (χ3v) is 8.17. The summed E-state index contributed by atoms with van der Waals surface area (Å²) in [4.78, 5) is 20.9. The predicted octanol–water partition coefficient (Wildman–Crippen LogP) is 4.54.